The van der Waals surface area contributed by atoms with E-state index in [1.54, 1.807) is 13.0 Å². The SMILES string of the molecule is Cc1ccc(F)c(NC(=O)CN2C(=O)N[C@@]3(CCCC[C@@H]3C)C2=O)c1. The lowest BCUT2D eigenvalue weighted by atomic mass is 9.73. The van der Waals surface area contributed by atoms with Crippen molar-refractivity contribution < 1.29 is 18.8 Å². The minimum Gasteiger partial charge on any atom is -0.323 e. The van der Waals surface area contributed by atoms with E-state index in [9.17, 15) is 18.8 Å². The topological polar surface area (TPSA) is 78.5 Å². The van der Waals surface area contributed by atoms with E-state index in [0.29, 0.717) is 6.42 Å². The number of urea groups is 1. The summed E-state index contributed by atoms with van der Waals surface area (Å²) in [6, 6.07) is 3.80. The second kappa shape index (κ2) is 6.46. The van der Waals surface area contributed by atoms with Crippen molar-refractivity contribution in [1.29, 1.82) is 0 Å². The number of rotatable bonds is 3. The van der Waals surface area contributed by atoms with Gasteiger partial charge in [0.2, 0.25) is 5.91 Å². The summed E-state index contributed by atoms with van der Waals surface area (Å²) < 4.78 is 13.8. The van der Waals surface area contributed by atoms with E-state index < -0.39 is 29.8 Å². The largest absolute Gasteiger partial charge is 0.325 e. The minimum atomic E-state index is -0.899. The van der Waals surface area contributed by atoms with Crippen molar-refractivity contribution in [1.82, 2.24) is 10.2 Å². The second-order valence-electron chi connectivity index (χ2n) is 6.97. The molecule has 6 nitrogen and oxygen atoms in total. The molecule has 2 atom stereocenters. The summed E-state index contributed by atoms with van der Waals surface area (Å²) >= 11 is 0. The van der Waals surface area contributed by atoms with E-state index in [1.807, 2.05) is 6.92 Å². The maximum atomic E-state index is 13.8. The van der Waals surface area contributed by atoms with Gasteiger partial charge in [-0.05, 0) is 43.4 Å². The number of amides is 4. The highest BCUT2D eigenvalue weighted by Crippen LogP contribution is 2.38. The van der Waals surface area contributed by atoms with Gasteiger partial charge in [0.15, 0.2) is 0 Å². The standard InChI is InChI=1S/C18H22FN3O3/c1-11-6-7-13(19)14(9-11)20-15(23)10-22-16(24)18(21-17(22)25)8-4-3-5-12(18)2/h6-7,9,12H,3-5,8,10H2,1-2H3,(H,20,23)(H,21,25)/t12-,18+/m0/s1. The number of aryl methyl sites for hydroxylation is 1. The van der Waals surface area contributed by atoms with E-state index in [4.69, 9.17) is 0 Å². The third-order valence-corrected chi connectivity index (χ3v) is 5.20. The molecular formula is C18H22FN3O3. The van der Waals surface area contributed by atoms with Crippen molar-refractivity contribution in [3.63, 3.8) is 0 Å². The molecule has 1 aromatic carbocycles. The molecule has 2 aliphatic rings. The fourth-order valence-corrected chi connectivity index (χ4v) is 3.71. The van der Waals surface area contributed by atoms with Gasteiger partial charge in [0.25, 0.3) is 5.91 Å². The average molecular weight is 347 g/mol. The van der Waals surface area contributed by atoms with Gasteiger partial charge in [-0.2, -0.15) is 0 Å². The molecule has 2 fully saturated rings. The van der Waals surface area contributed by atoms with Crippen LogP contribution in [0.25, 0.3) is 0 Å². The zero-order chi connectivity index (χ0) is 18.2. The number of imide groups is 1. The Morgan fingerprint density at radius 3 is 2.88 bits per heavy atom. The number of nitrogens with zero attached hydrogens (tertiary/aromatic N) is 1. The molecule has 1 spiro atoms. The molecule has 25 heavy (non-hydrogen) atoms. The van der Waals surface area contributed by atoms with Crippen LogP contribution in [0.4, 0.5) is 14.9 Å². The molecule has 1 aromatic rings. The van der Waals surface area contributed by atoms with Gasteiger partial charge in [-0.1, -0.05) is 25.8 Å². The summed E-state index contributed by atoms with van der Waals surface area (Å²) in [7, 11) is 0. The Hall–Kier alpha value is -2.44. The van der Waals surface area contributed by atoms with E-state index in [-0.39, 0.29) is 17.5 Å². The Labute approximate surface area is 145 Å². The number of halogens is 1. The van der Waals surface area contributed by atoms with Gasteiger partial charge in [0, 0.05) is 0 Å². The van der Waals surface area contributed by atoms with Gasteiger partial charge >= 0.3 is 6.03 Å². The number of benzene rings is 1. The average Bonchev–Trinajstić information content (AvgIpc) is 2.79. The molecule has 0 bridgehead atoms. The lowest BCUT2D eigenvalue weighted by molar-refractivity contribution is -0.136. The van der Waals surface area contributed by atoms with Crippen molar-refractivity contribution >= 4 is 23.5 Å². The number of hydrogen-bond acceptors (Lipinski definition) is 3. The fraction of sp³-hybridized carbons (Fsp3) is 0.500. The quantitative estimate of drug-likeness (QED) is 0.825. The summed E-state index contributed by atoms with van der Waals surface area (Å²) in [4.78, 5) is 38.2. The van der Waals surface area contributed by atoms with Crippen LogP contribution >= 0.6 is 0 Å². The van der Waals surface area contributed by atoms with Crippen LogP contribution in [0, 0.1) is 18.7 Å². The van der Waals surface area contributed by atoms with Crippen molar-refractivity contribution in [2.24, 2.45) is 5.92 Å². The highest BCUT2D eigenvalue weighted by molar-refractivity contribution is 6.10. The Morgan fingerprint density at radius 2 is 2.16 bits per heavy atom. The van der Waals surface area contributed by atoms with Gasteiger partial charge in [-0.15, -0.1) is 0 Å². The van der Waals surface area contributed by atoms with Crippen molar-refractivity contribution in [2.45, 2.75) is 45.1 Å². The summed E-state index contributed by atoms with van der Waals surface area (Å²) in [5.41, 5.74) is -0.0658. The fourth-order valence-electron chi connectivity index (χ4n) is 3.71. The van der Waals surface area contributed by atoms with E-state index in [2.05, 4.69) is 10.6 Å². The molecule has 134 valence electrons. The van der Waals surface area contributed by atoms with Crippen LogP contribution in [0.2, 0.25) is 0 Å². The highest BCUT2D eigenvalue weighted by atomic mass is 19.1. The zero-order valence-corrected chi connectivity index (χ0v) is 14.4. The Morgan fingerprint density at radius 1 is 1.40 bits per heavy atom. The van der Waals surface area contributed by atoms with Crippen LogP contribution in [0.5, 0.6) is 0 Å². The first-order valence-electron chi connectivity index (χ1n) is 8.53. The monoisotopic (exact) mass is 347 g/mol. The van der Waals surface area contributed by atoms with Gasteiger partial charge in [0.05, 0.1) is 5.69 Å². The molecular weight excluding hydrogens is 325 g/mol. The van der Waals surface area contributed by atoms with Gasteiger partial charge in [-0.25, -0.2) is 9.18 Å². The van der Waals surface area contributed by atoms with Crippen molar-refractivity contribution in [3.05, 3.63) is 29.6 Å². The number of carbonyl (C=O) groups is 3. The molecule has 3 rings (SSSR count). The van der Waals surface area contributed by atoms with Gasteiger partial charge in [0.1, 0.15) is 17.9 Å². The molecule has 1 aliphatic carbocycles. The van der Waals surface area contributed by atoms with Crippen molar-refractivity contribution in [2.75, 3.05) is 11.9 Å². The molecule has 0 unspecified atom stereocenters. The molecule has 1 heterocycles. The maximum Gasteiger partial charge on any atom is 0.325 e. The maximum absolute atomic E-state index is 13.8. The number of anilines is 1. The Kier molecular flexibility index (Phi) is 4.49. The molecule has 4 amide bonds. The van der Waals surface area contributed by atoms with Crippen LogP contribution in [-0.4, -0.2) is 34.8 Å². The van der Waals surface area contributed by atoms with Crippen LogP contribution < -0.4 is 10.6 Å². The first-order valence-corrected chi connectivity index (χ1v) is 8.53. The highest BCUT2D eigenvalue weighted by Gasteiger charge is 2.55. The van der Waals surface area contributed by atoms with E-state index >= 15 is 0 Å². The van der Waals surface area contributed by atoms with Crippen molar-refractivity contribution in [3.8, 4) is 0 Å². The molecule has 7 heteroatoms. The van der Waals surface area contributed by atoms with Gasteiger partial charge in [-0.3, -0.25) is 14.5 Å². The first kappa shape index (κ1) is 17.4. The summed E-state index contributed by atoms with van der Waals surface area (Å²) in [6.45, 7) is 3.30. The predicted octanol–water partition coefficient (Wildman–Crippen LogP) is 2.57. The van der Waals surface area contributed by atoms with Crippen LogP contribution in [-0.2, 0) is 9.59 Å². The summed E-state index contributed by atoms with van der Waals surface area (Å²) in [5, 5.41) is 5.23. The first-order chi connectivity index (χ1) is 11.8. The lowest BCUT2D eigenvalue weighted by Gasteiger charge is -2.36. The molecule has 0 radical (unpaired) electrons. The number of nitrogens with one attached hydrogen (secondary N) is 2. The van der Waals surface area contributed by atoms with Crippen LogP contribution in [0.1, 0.15) is 38.2 Å². The molecule has 1 saturated carbocycles. The number of hydrogen-bond donors (Lipinski definition) is 2. The third-order valence-electron chi connectivity index (χ3n) is 5.20. The van der Waals surface area contributed by atoms with E-state index in [1.165, 1.54) is 12.1 Å². The molecule has 1 aliphatic heterocycles. The van der Waals surface area contributed by atoms with E-state index in [0.717, 1.165) is 29.7 Å². The molecule has 1 saturated heterocycles. The molecule has 0 aromatic heterocycles. The number of carbonyl (C=O) groups excluding carboxylic acids is 3. The third kappa shape index (κ3) is 3.10. The Bertz CT molecular complexity index is 736. The van der Waals surface area contributed by atoms with Gasteiger partial charge < -0.3 is 10.6 Å². The summed E-state index contributed by atoms with van der Waals surface area (Å²) in [5.74, 6) is -1.49. The smallest absolute Gasteiger partial charge is 0.323 e. The lowest BCUT2D eigenvalue weighted by Crippen LogP contribution is -2.54. The molecule has 2 N–H and O–H groups in total. The second-order valence-corrected chi connectivity index (χ2v) is 6.97. The minimum absolute atomic E-state index is 0.0278. The zero-order valence-electron chi connectivity index (χ0n) is 14.4. The summed E-state index contributed by atoms with van der Waals surface area (Å²) in [6.07, 6.45) is 3.34. The predicted molar refractivity (Wildman–Crippen MR) is 90.4 cm³/mol. The van der Waals surface area contributed by atoms with Crippen LogP contribution in [0.3, 0.4) is 0 Å². The normalized spacial score (nSPS) is 26.0. The van der Waals surface area contributed by atoms with Crippen LogP contribution in [0.15, 0.2) is 18.2 Å². The Balaban J connectivity index is 1.72.